The van der Waals surface area contributed by atoms with Crippen LogP contribution in [0.1, 0.15) is 17.3 Å². The predicted molar refractivity (Wildman–Crippen MR) is 54.5 cm³/mol. The Labute approximate surface area is 84.7 Å². The number of carbonyl (C=O) groups is 1. The number of rotatable bonds is 1. The van der Waals surface area contributed by atoms with E-state index in [-0.39, 0.29) is 22.8 Å². The van der Waals surface area contributed by atoms with Gasteiger partial charge >= 0.3 is 0 Å². The maximum Gasteiger partial charge on any atom is 0.159 e. The molecule has 0 saturated carbocycles. The molecular weight excluding hydrogens is 272 g/mol. The lowest BCUT2D eigenvalue weighted by atomic mass is 10.2. The monoisotopic (exact) mass is 278 g/mol. The quantitative estimate of drug-likeness (QED) is 0.722. The predicted octanol–water partition coefficient (Wildman–Crippen LogP) is 3.23. The summed E-state index contributed by atoms with van der Waals surface area (Å²) in [7, 11) is 0. The molecule has 0 amide bonds. The van der Waals surface area contributed by atoms with Crippen molar-refractivity contribution in [3.05, 3.63) is 34.3 Å². The fraction of sp³-hybridized carbons (Fsp3) is 0.125. The van der Waals surface area contributed by atoms with E-state index >= 15 is 0 Å². The van der Waals surface area contributed by atoms with Crippen molar-refractivity contribution in [1.29, 1.82) is 0 Å². The average Bonchev–Trinajstić information content (AvgIpc) is 1.88. The van der Waals surface area contributed by atoms with Crippen molar-refractivity contribution in [2.24, 2.45) is 0 Å². The van der Waals surface area contributed by atoms with Gasteiger partial charge in [-0.2, -0.15) is 0 Å². The zero-order valence-corrected chi connectivity index (χ0v) is 9.30. The summed E-state index contributed by atoms with van der Waals surface area (Å²) in [4.78, 5) is 10.7. The summed E-state index contributed by atoms with van der Waals surface area (Å²) < 4.78 is 0.998. The Kier molecular flexibility index (Phi) is 4.61. The molecule has 0 atom stereocenters. The second-order valence-electron chi connectivity index (χ2n) is 2.06. The second-order valence-corrected chi connectivity index (χ2v) is 2.98. The molecule has 0 aliphatic heterocycles. The molecule has 60 valence electrons. The van der Waals surface area contributed by atoms with Crippen LogP contribution in [0.15, 0.2) is 28.7 Å². The molecule has 3 heteroatoms. The Hall–Kier alpha value is -0.150. The maximum absolute atomic E-state index is 10.7. The molecule has 0 heterocycles. The van der Waals surface area contributed by atoms with Gasteiger partial charge in [-0.3, -0.25) is 4.79 Å². The van der Waals surface area contributed by atoms with Crippen LogP contribution in [0.25, 0.3) is 0 Å². The molecule has 1 aromatic rings. The first-order chi connectivity index (χ1) is 4.70. The van der Waals surface area contributed by atoms with Crippen LogP contribution in [0.3, 0.4) is 0 Å². The van der Waals surface area contributed by atoms with Crippen LogP contribution in [0, 0.1) is 0 Å². The van der Waals surface area contributed by atoms with Crippen molar-refractivity contribution < 1.29 is 4.79 Å². The Morgan fingerprint density at radius 3 is 2.09 bits per heavy atom. The van der Waals surface area contributed by atoms with Crippen LogP contribution < -0.4 is 0 Å². The highest BCUT2D eigenvalue weighted by atomic mass is 79.9. The van der Waals surface area contributed by atoms with Crippen LogP contribution >= 0.6 is 32.9 Å². The highest BCUT2D eigenvalue weighted by Gasteiger charge is 1.95. The van der Waals surface area contributed by atoms with Gasteiger partial charge in [-0.1, -0.05) is 28.1 Å². The lowest BCUT2D eigenvalue weighted by Crippen LogP contribution is -1.89. The van der Waals surface area contributed by atoms with Crippen LogP contribution in [0.5, 0.6) is 0 Å². The average molecular weight is 280 g/mol. The lowest BCUT2D eigenvalue weighted by Gasteiger charge is -1.92. The summed E-state index contributed by atoms with van der Waals surface area (Å²) >= 11 is 3.28. The van der Waals surface area contributed by atoms with Crippen molar-refractivity contribution in [1.82, 2.24) is 0 Å². The Morgan fingerprint density at radius 1 is 1.27 bits per heavy atom. The standard InChI is InChI=1S/C8H7BrO.BrH/c1-6(10)7-2-4-8(9)5-3-7;/h2-5H,1H3;1H. The topological polar surface area (TPSA) is 17.1 Å². The SMILES string of the molecule is Br.CC(=O)c1ccc(Br)cc1. The fourth-order valence-electron chi connectivity index (χ4n) is 0.685. The van der Waals surface area contributed by atoms with Crippen LogP contribution in [0.2, 0.25) is 0 Å². The summed E-state index contributed by atoms with van der Waals surface area (Å²) in [6.45, 7) is 1.56. The van der Waals surface area contributed by atoms with Gasteiger partial charge in [0.2, 0.25) is 0 Å². The van der Waals surface area contributed by atoms with Crippen LogP contribution in [-0.4, -0.2) is 5.78 Å². The lowest BCUT2D eigenvalue weighted by molar-refractivity contribution is 0.101. The minimum Gasteiger partial charge on any atom is -0.295 e. The molecule has 0 spiro atoms. The minimum atomic E-state index is 0. The number of hydrogen-bond acceptors (Lipinski definition) is 1. The van der Waals surface area contributed by atoms with Gasteiger partial charge in [0.25, 0.3) is 0 Å². The zero-order chi connectivity index (χ0) is 7.56. The van der Waals surface area contributed by atoms with Gasteiger partial charge in [0.15, 0.2) is 5.78 Å². The molecule has 0 aromatic heterocycles. The number of benzene rings is 1. The summed E-state index contributed by atoms with van der Waals surface area (Å²) in [5.74, 6) is 0.104. The van der Waals surface area contributed by atoms with E-state index in [4.69, 9.17) is 0 Å². The summed E-state index contributed by atoms with van der Waals surface area (Å²) in [5.41, 5.74) is 0.753. The molecule has 0 saturated heterocycles. The van der Waals surface area contributed by atoms with E-state index in [1.165, 1.54) is 0 Å². The first-order valence-electron chi connectivity index (χ1n) is 2.96. The first-order valence-corrected chi connectivity index (χ1v) is 3.76. The highest BCUT2D eigenvalue weighted by molar-refractivity contribution is 9.10. The number of carbonyl (C=O) groups excluding carboxylic acids is 1. The molecule has 11 heavy (non-hydrogen) atoms. The minimum absolute atomic E-state index is 0. The van der Waals surface area contributed by atoms with Crippen molar-refractivity contribution >= 4 is 38.7 Å². The molecule has 0 unspecified atom stereocenters. The van der Waals surface area contributed by atoms with Gasteiger partial charge in [-0.05, 0) is 19.1 Å². The van der Waals surface area contributed by atoms with Gasteiger partial charge in [0.1, 0.15) is 0 Å². The molecule has 0 aliphatic carbocycles. The Bertz CT molecular complexity index is 241. The molecule has 0 aliphatic rings. The molecule has 1 rings (SSSR count). The molecular formula is C8H8Br2O. The normalized spacial score (nSPS) is 8.55. The van der Waals surface area contributed by atoms with Crippen molar-refractivity contribution in [3.63, 3.8) is 0 Å². The van der Waals surface area contributed by atoms with E-state index in [9.17, 15) is 4.79 Å². The maximum atomic E-state index is 10.7. The number of ketones is 1. The van der Waals surface area contributed by atoms with E-state index in [0.29, 0.717) is 0 Å². The van der Waals surface area contributed by atoms with Gasteiger partial charge in [0, 0.05) is 10.0 Å². The van der Waals surface area contributed by atoms with Crippen molar-refractivity contribution in [3.8, 4) is 0 Å². The molecule has 0 radical (unpaired) electrons. The van der Waals surface area contributed by atoms with Crippen molar-refractivity contribution in [2.75, 3.05) is 0 Å². The molecule has 0 N–H and O–H groups in total. The summed E-state index contributed by atoms with van der Waals surface area (Å²) in [6, 6.07) is 7.31. The summed E-state index contributed by atoms with van der Waals surface area (Å²) in [5, 5.41) is 0. The fourth-order valence-corrected chi connectivity index (χ4v) is 0.949. The van der Waals surface area contributed by atoms with Crippen LogP contribution in [-0.2, 0) is 0 Å². The first kappa shape index (κ1) is 10.8. The number of halogens is 2. The van der Waals surface area contributed by atoms with E-state index in [1.54, 1.807) is 19.1 Å². The molecule has 1 nitrogen and oxygen atoms in total. The largest absolute Gasteiger partial charge is 0.295 e. The van der Waals surface area contributed by atoms with E-state index < -0.39 is 0 Å². The Balaban J connectivity index is 0.000001000. The van der Waals surface area contributed by atoms with Crippen molar-refractivity contribution in [2.45, 2.75) is 6.92 Å². The third kappa shape index (κ3) is 3.16. The second kappa shape index (κ2) is 4.67. The van der Waals surface area contributed by atoms with Gasteiger partial charge in [0.05, 0.1) is 0 Å². The third-order valence-corrected chi connectivity index (χ3v) is 1.78. The van der Waals surface area contributed by atoms with Crippen LogP contribution in [0.4, 0.5) is 0 Å². The molecule has 1 aromatic carbocycles. The third-order valence-electron chi connectivity index (χ3n) is 1.25. The summed E-state index contributed by atoms with van der Waals surface area (Å²) in [6.07, 6.45) is 0. The zero-order valence-electron chi connectivity index (χ0n) is 6.00. The smallest absolute Gasteiger partial charge is 0.159 e. The van der Waals surface area contributed by atoms with Gasteiger partial charge in [-0.25, -0.2) is 0 Å². The highest BCUT2D eigenvalue weighted by Crippen LogP contribution is 2.10. The molecule has 0 bridgehead atoms. The van der Waals surface area contributed by atoms with Gasteiger partial charge < -0.3 is 0 Å². The van der Waals surface area contributed by atoms with E-state index in [1.807, 2.05) is 12.1 Å². The number of hydrogen-bond donors (Lipinski definition) is 0. The van der Waals surface area contributed by atoms with Gasteiger partial charge in [-0.15, -0.1) is 17.0 Å². The number of Topliss-reactive ketones (excluding diaryl/α,β-unsaturated/α-hetero) is 1. The van der Waals surface area contributed by atoms with E-state index in [2.05, 4.69) is 15.9 Å². The molecule has 0 fully saturated rings. The Morgan fingerprint density at radius 2 is 1.73 bits per heavy atom. The van der Waals surface area contributed by atoms with E-state index in [0.717, 1.165) is 10.0 Å².